The van der Waals surface area contributed by atoms with Crippen molar-refractivity contribution in [3.05, 3.63) is 29.0 Å². The Morgan fingerprint density at radius 3 is 2.77 bits per heavy atom. The Morgan fingerprint density at radius 1 is 1.54 bits per heavy atom. The number of alkyl halides is 2. The van der Waals surface area contributed by atoms with Crippen LogP contribution in [0.3, 0.4) is 0 Å². The summed E-state index contributed by atoms with van der Waals surface area (Å²) in [5.41, 5.74) is -0.342. The highest BCUT2D eigenvalue weighted by Crippen LogP contribution is 2.34. The molecule has 1 heterocycles. The van der Waals surface area contributed by atoms with Crippen molar-refractivity contribution < 1.29 is 13.9 Å². The molecular weight excluding hydrogens is 200 g/mol. The smallest absolute Gasteiger partial charge is 0.278 e. The van der Waals surface area contributed by atoms with Crippen LogP contribution in [0.5, 0.6) is 0 Å². The highest BCUT2D eigenvalue weighted by Gasteiger charge is 2.33. The van der Waals surface area contributed by atoms with E-state index in [2.05, 4.69) is 4.98 Å². The van der Waals surface area contributed by atoms with Crippen molar-refractivity contribution in [2.75, 3.05) is 6.61 Å². The zero-order chi connectivity index (χ0) is 9.90. The SMILES string of the molecule is OCCC(F)(F)c1cccnc1Cl. The maximum atomic E-state index is 13.1. The lowest BCUT2D eigenvalue weighted by Gasteiger charge is -2.15. The minimum atomic E-state index is -3.11. The van der Waals surface area contributed by atoms with E-state index < -0.39 is 19.0 Å². The van der Waals surface area contributed by atoms with Crippen LogP contribution < -0.4 is 0 Å². The van der Waals surface area contributed by atoms with E-state index in [1.54, 1.807) is 0 Å². The lowest BCUT2D eigenvalue weighted by atomic mass is 10.1. The molecule has 0 bridgehead atoms. The molecule has 0 amide bonds. The molecule has 5 heteroatoms. The first-order valence-corrected chi connectivity index (χ1v) is 4.05. The number of aliphatic hydroxyl groups excluding tert-OH is 1. The van der Waals surface area contributed by atoms with Crippen molar-refractivity contribution in [1.82, 2.24) is 4.98 Å². The molecule has 0 fully saturated rings. The largest absolute Gasteiger partial charge is 0.396 e. The molecule has 1 N–H and O–H groups in total. The molecule has 0 aliphatic carbocycles. The number of nitrogens with zero attached hydrogens (tertiary/aromatic N) is 1. The maximum absolute atomic E-state index is 13.1. The van der Waals surface area contributed by atoms with Crippen LogP contribution in [0.2, 0.25) is 5.15 Å². The van der Waals surface area contributed by atoms with Crippen LogP contribution in [0.25, 0.3) is 0 Å². The summed E-state index contributed by atoms with van der Waals surface area (Å²) in [7, 11) is 0. The maximum Gasteiger partial charge on any atom is 0.278 e. The van der Waals surface area contributed by atoms with Gasteiger partial charge in [0.15, 0.2) is 0 Å². The first-order valence-electron chi connectivity index (χ1n) is 3.67. The third-order valence-electron chi connectivity index (χ3n) is 1.58. The molecular formula is C8H8ClF2NO. The summed E-state index contributed by atoms with van der Waals surface area (Å²) in [6.07, 6.45) is 0.694. The summed E-state index contributed by atoms with van der Waals surface area (Å²) in [5.74, 6) is -3.11. The van der Waals surface area contributed by atoms with Crippen LogP contribution >= 0.6 is 11.6 Å². The molecule has 0 radical (unpaired) electrons. The quantitative estimate of drug-likeness (QED) is 0.771. The average molecular weight is 208 g/mol. The van der Waals surface area contributed by atoms with Gasteiger partial charge in [-0.15, -0.1) is 0 Å². The number of hydrogen-bond donors (Lipinski definition) is 1. The van der Waals surface area contributed by atoms with Gasteiger partial charge >= 0.3 is 0 Å². The molecule has 1 aromatic rings. The van der Waals surface area contributed by atoms with Crippen LogP contribution in [0.15, 0.2) is 18.3 Å². The molecule has 0 atom stereocenters. The van der Waals surface area contributed by atoms with Crippen LogP contribution in [0.4, 0.5) is 8.78 Å². The second-order valence-electron chi connectivity index (χ2n) is 2.52. The lowest BCUT2D eigenvalue weighted by molar-refractivity contribution is -0.0271. The Bertz CT molecular complexity index is 293. The van der Waals surface area contributed by atoms with Gasteiger partial charge in [0, 0.05) is 19.2 Å². The molecule has 0 aromatic carbocycles. The van der Waals surface area contributed by atoms with E-state index in [1.165, 1.54) is 18.3 Å². The Balaban J connectivity index is 2.99. The summed E-state index contributed by atoms with van der Waals surface area (Å²) < 4.78 is 26.3. The molecule has 0 aliphatic rings. The molecule has 0 spiro atoms. The molecule has 0 unspecified atom stereocenters. The minimum absolute atomic E-state index is 0.221. The Morgan fingerprint density at radius 2 is 2.23 bits per heavy atom. The van der Waals surface area contributed by atoms with E-state index in [-0.39, 0.29) is 10.7 Å². The van der Waals surface area contributed by atoms with Gasteiger partial charge in [-0.25, -0.2) is 13.8 Å². The first kappa shape index (κ1) is 10.3. The number of halogens is 3. The zero-order valence-electron chi connectivity index (χ0n) is 6.67. The van der Waals surface area contributed by atoms with Crippen LogP contribution in [0, 0.1) is 0 Å². The molecule has 2 nitrogen and oxygen atoms in total. The molecule has 13 heavy (non-hydrogen) atoms. The molecule has 0 aliphatic heterocycles. The molecule has 72 valence electrons. The second-order valence-corrected chi connectivity index (χ2v) is 2.88. The first-order chi connectivity index (χ1) is 6.08. The second kappa shape index (κ2) is 3.98. The van der Waals surface area contributed by atoms with Crippen molar-refractivity contribution >= 4 is 11.6 Å². The van der Waals surface area contributed by atoms with Gasteiger partial charge < -0.3 is 5.11 Å². The van der Waals surface area contributed by atoms with Crippen LogP contribution in [0.1, 0.15) is 12.0 Å². The van der Waals surface area contributed by atoms with E-state index in [4.69, 9.17) is 16.7 Å². The fourth-order valence-corrected chi connectivity index (χ4v) is 1.19. The minimum Gasteiger partial charge on any atom is -0.396 e. The summed E-state index contributed by atoms with van der Waals surface area (Å²) in [5, 5.41) is 8.19. The van der Waals surface area contributed by atoms with E-state index in [0.717, 1.165) is 0 Å². The lowest BCUT2D eigenvalue weighted by Crippen LogP contribution is -2.16. The normalized spacial score (nSPS) is 11.7. The topological polar surface area (TPSA) is 33.1 Å². The Hall–Kier alpha value is -0.740. The predicted octanol–water partition coefficient (Wildman–Crippen LogP) is 2.21. The Kier molecular flexibility index (Phi) is 3.17. The van der Waals surface area contributed by atoms with Crippen molar-refractivity contribution in [2.45, 2.75) is 12.3 Å². The number of aromatic nitrogens is 1. The van der Waals surface area contributed by atoms with E-state index in [9.17, 15) is 8.78 Å². The summed E-state index contributed by atoms with van der Waals surface area (Å²) >= 11 is 5.47. The average Bonchev–Trinajstić information content (AvgIpc) is 2.04. The highest BCUT2D eigenvalue weighted by atomic mass is 35.5. The third-order valence-corrected chi connectivity index (χ3v) is 1.88. The van der Waals surface area contributed by atoms with Gasteiger partial charge in [0.1, 0.15) is 5.15 Å². The van der Waals surface area contributed by atoms with E-state index in [0.29, 0.717) is 0 Å². The number of rotatable bonds is 3. The molecule has 0 saturated heterocycles. The molecule has 1 aromatic heterocycles. The number of pyridine rings is 1. The van der Waals surface area contributed by atoms with Crippen molar-refractivity contribution in [3.63, 3.8) is 0 Å². The van der Waals surface area contributed by atoms with Crippen LogP contribution in [-0.2, 0) is 5.92 Å². The number of hydrogen-bond acceptors (Lipinski definition) is 2. The summed E-state index contributed by atoms with van der Waals surface area (Å²) in [6, 6.07) is 2.58. The van der Waals surface area contributed by atoms with Crippen molar-refractivity contribution in [2.24, 2.45) is 0 Å². The summed E-state index contributed by atoms with van der Waals surface area (Å²) in [6.45, 7) is -0.585. The highest BCUT2D eigenvalue weighted by molar-refractivity contribution is 6.30. The van der Waals surface area contributed by atoms with Gasteiger partial charge in [-0.2, -0.15) is 0 Å². The molecule has 1 rings (SSSR count). The van der Waals surface area contributed by atoms with E-state index >= 15 is 0 Å². The van der Waals surface area contributed by atoms with Crippen molar-refractivity contribution in [1.29, 1.82) is 0 Å². The van der Waals surface area contributed by atoms with Gasteiger partial charge in [0.25, 0.3) is 5.92 Å². The third kappa shape index (κ3) is 2.35. The monoisotopic (exact) mass is 207 g/mol. The predicted molar refractivity (Wildman–Crippen MR) is 44.8 cm³/mol. The van der Waals surface area contributed by atoms with E-state index in [1.807, 2.05) is 0 Å². The van der Waals surface area contributed by atoms with Crippen molar-refractivity contribution in [3.8, 4) is 0 Å². The van der Waals surface area contributed by atoms with Gasteiger partial charge in [0.2, 0.25) is 0 Å². The van der Waals surface area contributed by atoms with Gasteiger partial charge in [-0.05, 0) is 12.1 Å². The Labute approximate surface area is 79.2 Å². The van der Waals surface area contributed by atoms with Crippen LogP contribution in [-0.4, -0.2) is 16.7 Å². The van der Waals surface area contributed by atoms with Gasteiger partial charge in [0.05, 0.1) is 5.56 Å². The standard InChI is InChI=1S/C8H8ClF2NO/c9-7-6(2-1-4-12-7)8(10,11)3-5-13/h1-2,4,13H,3,5H2. The summed E-state index contributed by atoms with van der Waals surface area (Å²) in [4.78, 5) is 3.53. The molecule has 0 saturated carbocycles. The fraction of sp³-hybridized carbons (Fsp3) is 0.375. The van der Waals surface area contributed by atoms with Gasteiger partial charge in [-0.3, -0.25) is 0 Å². The fourth-order valence-electron chi connectivity index (χ4n) is 0.934. The van der Waals surface area contributed by atoms with Gasteiger partial charge in [-0.1, -0.05) is 11.6 Å². The zero-order valence-corrected chi connectivity index (χ0v) is 7.43. The number of aliphatic hydroxyl groups is 1.